The fraction of sp³-hybridized carbons (Fsp3) is 0.938. The van der Waals surface area contributed by atoms with Crippen molar-refractivity contribution in [2.45, 2.75) is 84.0 Å². The highest BCUT2D eigenvalue weighted by Gasteiger charge is 2.10. The van der Waals surface area contributed by atoms with Gasteiger partial charge in [-0.1, -0.05) is 58.3 Å². The molecule has 0 aliphatic heterocycles. The van der Waals surface area contributed by atoms with E-state index in [1.165, 1.54) is 32.1 Å². The number of carboxylic acids is 1. The van der Waals surface area contributed by atoms with E-state index in [2.05, 4.69) is 6.92 Å². The Morgan fingerprint density at radius 1 is 0.762 bits per heavy atom. The van der Waals surface area contributed by atoms with Crippen molar-refractivity contribution in [2.75, 3.05) is 11.5 Å². The molecule has 0 atom stereocenters. The predicted octanol–water partition coefficient (Wildman–Crippen LogP) is 4.19. The number of hydrogen-bond acceptors (Lipinski definition) is 3. The van der Waals surface area contributed by atoms with Crippen molar-refractivity contribution in [3.63, 3.8) is 0 Å². The van der Waals surface area contributed by atoms with Gasteiger partial charge in [0.15, 0.2) is 0 Å². The molecule has 0 bridgehead atoms. The van der Waals surface area contributed by atoms with E-state index >= 15 is 0 Å². The Labute approximate surface area is 130 Å². The number of rotatable bonds is 15. The molecule has 0 aromatic heterocycles. The molecule has 0 aromatic carbocycles. The van der Waals surface area contributed by atoms with Crippen LogP contribution in [0.4, 0.5) is 0 Å². The van der Waals surface area contributed by atoms with Crippen molar-refractivity contribution < 1.29 is 18.3 Å². The zero-order valence-electron chi connectivity index (χ0n) is 13.5. The van der Waals surface area contributed by atoms with Crippen molar-refractivity contribution in [3.05, 3.63) is 0 Å². The van der Waals surface area contributed by atoms with Gasteiger partial charge in [0, 0.05) is 6.42 Å². The SMILES string of the molecule is CCCCCCCCCCS(=O)(=O)CCCCCC(=O)O. The third-order valence-corrected chi connectivity index (χ3v) is 5.48. The molecule has 0 aromatic rings. The molecule has 0 heterocycles. The average Bonchev–Trinajstić information content (AvgIpc) is 2.41. The van der Waals surface area contributed by atoms with E-state index in [4.69, 9.17) is 5.11 Å². The summed E-state index contributed by atoms with van der Waals surface area (Å²) in [6.45, 7) is 2.20. The van der Waals surface area contributed by atoms with Gasteiger partial charge in [0.1, 0.15) is 9.84 Å². The van der Waals surface area contributed by atoms with Crippen molar-refractivity contribution in [3.8, 4) is 0 Å². The number of carboxylic acid groups (broad SMARTS) is 1. The molecule has 0 rings (SSSR count). The Morgan fingerprint density at radius 3 is 1.67 bits per heavy atom. The number of aliphatic carboxylic acids is 1. The van der Waals surface area contributed by atoms with Crippen molar-refractivity contribution in [1.82, 2.24) is 0 Å². The van der Waals surface area contributed by atoms with Gasteiger partial charge in [-0.05, 0) is 19.3 Å². The van der Waals surface area contributed by atoms with E-state index in [0.717, 1.165) is 19.3 Å². The smallest absolute Gasteiger partial charge is 0.303 e. The highest BCUT2D eigenvalue weighted by molar-refractivity contribution is 7.91. The van der Waals surface area contributed by atoms with E-state index < -0.39 is 15.8 Å². The lowest BCUT2D eigenvalue weighted by atomic mass is 10.1. The average molecular weight is 320 g/mol. The van der Waals surface area contributed by atoms with Crippen molar-refractivity contribution in [1.29, 1.82) is 0 Å². The monoisotopic (exact) mass is 320 g/mol. The number of unbranched alkanes of at least 4 members (excludes halogenated alkanes) is 9. The molecule has 1 N–H and O–H groups in total. The highest BCUT2D eigenvalue weighted by Crippen LogP contribution is 2.10. The van der Waals surface area contributed by atoms with Gasteiger partial charge in [0.2, 0.25) is 0 Å². The molecule has 0 unspecified atom stereocenters. The second-order valence-electron chi connectivity index (χ2n) is 5.83. The van der Waals surface area contributed by atoms with Gasteiger partial charge in [-0.25, -0.2) is 8.42 Å². The van der Waals surface area contributed by atoms with Crippen LogP contribution in [0.5, 0.6) is 0 Å². The van der Waals surface area contributed by atoms with Crippen LogP contribution in [0, 0.1) is 0 Å². The van der Waals surface area contributed by atoms with E-state index in [1.807, 2.05) is 0 Å². The van der Waals surface area contributed by atoms with Crippen molar-refractivity contribution in [2.24, 2.45) is 0 Å². The van der Waals surface area contributed by atoms with Gasteiger partial charge in [-0.15, -0.1) is 0 Å². The Balaban J connectivity index is 3.45. The molecule has 21 heavy (non-hydrogen) atoms. The minimum Gasteiger partial charge on any atom is -0.481 e. The quantitative estimate of drug-likeness (QED) is 0.459. The first-order valence-corrected chi connectivity index (χ1v) is 10.2. The van der Waals surface area contributed by atoms with Crippen LogP contribution in [0.25, 0.3) is 0 Å². The summed E-state index contributed by atoms with van der Waals surface area (Å²) in [6.07, 6.45) is 11.2. The van der Waals surface area contributed by atoms with Gasteiger partial charge >= 0.3 is 5.97 Å². The van der Waals surface area contributed by atoms with E-state index in [1.54, 1.807) is 0 Å². The van der Waals surface area contributed by atoms with E-state index in [9.17, 15) is 13.2 Å². The minimum atomic E-state index is -2.93. The number of sulfone groups is 1. The van der Waals surface area contributed by atoms with Gasteiger partial charge < -0.3 is 5.11 Å². The normalized spacial score (nSPS) is 11.7. The Morgan fingerprint density at radius 2 is 1.19 bits per heavy atom. The van der Waals surface area contributed by atoms with Gasteiger partial charge in [0.25, 0.3) is 0 Å². The summed E-state index contributed by atoms with van der Waals surface area (Å²) >= 11 is 0. The zero-order chi connectivity index (χ0) is 16.0. The lowest BCUT2D eigenvalue weighted by Gasteiger charge is -2.04. The molecule has 0 aliphatic carbocycles. The van der Waals surface area contributed by atoms with Crippen LogP contribution < -0.4 is 0 Å². The first-order chi connectivity index (χ1) is 9.98. The summed E-state index contributed by atoms with van der Waals surface area (Å²) in [6, 6.07) is 0. The lowest BCUT2D eigenvalue weighted by Crippen LogP contribution is -2.11. The molecule has 0 aliphatic rings. The zero-order valence-corrected chi connectivity index (χ0v) is 14.3. The second kappa shape index (κ2) is 13.1. The number of carbonyl (C=O) groups is 1. The standard InChI is InChI=1S/C16H32O4S/c1-2-3-4-5-6-7-8-11-14-21(19,20)15-12-9-10-13-16(17)18/h2-15H2,1H3,(H,17,18). The minimum absolute atomic E-state index is 0.137. The van der Waals surface area contributed by atoms with Gasteiger partial charge in [0.05, 0.1) is 11.5 Å². The molecule has 0 fully saturated rings. The largest absolute Gasteiger partial charge is 0.481 e. The Bertz CT molecular complexity index is 349. The van der Waals surface area contributed by atoms with Crippen LogP contribution in [-0.2, 0) is 14.6 Å². The fourth-order valence-electron chi connectivity index (χ4n) is 2.33. The third-order valence-electron chi connectivity index (χ3n) is 3.65. The van der Waals surface area contributed by atoms with Crippen molar-refractivity contribution >= 4 is 15.8 Å². The maximum absolute atomic E-state index is 11.8. The lowest BCUT2D eigenvalue weighted by molar-refractivity contribution is -0.137. The topological polar surface area (TPSA) is 71.4 Å². The molecule has 5 heteroatoms. The molecule has 0 saturated heterocycles. The summed E-state index contributed by atoms with van der Waals surface area (Å²) in [5, 5.41) is 8.49. The van der Waals surface area contributed by atoms with E-state index in [0.29, 0.717) is 25.0 Å². The summed E-state index contributed by atoms with van der Waals surface area (Å²) in [4.78, 5) is 10.3. The van der Waals surface area contributed by atoms with E-state index in [-0.39, 0.29) is 12.2 Å². The summed E-state index contributed by atoms with van der Waals surface area (Å²) in [5.74, 6) is -0.305. The molecular weight excluding hydrogens is 288 g/mol. The van der Waals surface area contributed by atoms with Gasteiger partial charge in [-0.3, -0.25) is 4.79 Å². The molecule has 0 radical (unpaired) electrons. The molecule has 4 nitrogen and oxygen atoms in total. The summed E-state index contributed by atoms with van der Waals surface area (Å²) in [7, 11) is -2.93. The van der Waals surface area contributed by atoms with Crippen LogP contribution in [0.15, 0.2) is 0 Å². The molecule has 126 valence electrons. The Hall–Kier alpha value is -0.580. The first-order valence-electron chi connectivity index (χ1n) is 8.40. The highest BCUT2D eigenvalue weighted by atomic mass is 32.2. The summed E-state index contributed by atoms with van der Waals surface area (Å²) in [5.41, 5.74) is 0. The Kier molecular flexibility index (Phi) is 12.7. The molecule has 0 amide bonds. The summed E-state index contributed by atoms with van der Waals surface area (Å²) < 4.78 is 23.6. The fourth-order valence-corrected chi connectivity index (χ4v) is 3.82. The van der Waals surface area contributed by atoms with Crippen LogP contribution in [0.2, 0.25) is 0 Å². The van der Waals surface area contributed by atoms with Crippen LogP contribution in [-0.4, -0.2) is 31.0 Å². The molecular formula is C16H32O4S. The number of hydrogen-bond donors (Lipinski definition) is 1. The molecule has 0 saturated carbocycles. The van der Waals surface area contributed by atoms with Crippen LogP contribution >= 0.6 is 0 Å². The van der Waals surface area contributed by atoms with Gasteiger partial charge in [-0.2, -0.15) is 0 Å². The maximum atomic E-state index is 11.8. The first kappa shape index (κ1) is 20.4. The molecule has 0 spiro atoms. The predicted molar refractivity (Wildman–Crippen MR) is 87.4 cm³/mol. The van der Waals surface area contributed by atoms with Crippen LogP contribution in [0.1, 0.15) is 84.0 Å². The maximum Gasteiger partial charge on any atom is 0.303 e. The second-order valence-corrected chi connectivity index (χ2v) is 8.13. The third kappa shape index (κ3) is 15.6. The van der Waals surface area contributed by atoms with Crippen LogP contribution in [0.3, 0.4) is 0 Å².